The molecule has 0 radical (unpaired) electrons. The summed E-state index contributed by atoms with van der Waals surface area (Å²) >= 11 is 0. The molecule has 0 bridgehead atoms. The van der Waals surface area contributed by atoms with Gasteiger partial charge in [-0.3, -0.25) is 9.79 Å². The highest BCUT2D eigenvalue weighted by molar-refractivity contribution is 5.83. The Hall–Kier alpha value is -2.04. The van der Waals surface area contributed by atoms with Crippen molar-refractivity contribution in [3.05, 3.63) is 35.4 Å². The summed E-state index contributed by atoms with van der Waals surface area (Å²) in [5.74, 6) is 0.530. The summed E-state index contributed by atoms with van der Waals surface area (Å²) in [7, 11) is 0. The van der Waals surface area contributed by atoms with Crippen LogP contribution in [0.1, 0.15) is 31.9 Å². The lowest BCUT2D eigenvalue weighted by molar-refractivity contribution is -0.125. The third-order valence-corrected chi connectivity index (χ3v) is 4.06. The first-order chi connectivity index (χ1) is 10.4. The Balaban J connectivity index is 2.14. The van der Waals surface area contributed by atoms with E-state index in [0.717, 1.165) is 32.0 Å². The van der Waals surface area contributed by atoms with Crippen LogP contribution in [0, 0.1) is 5.41 Å². The summed E-state index contributed by atoms with van der Waals surface area (Å²) in [4.78, 5) is 18.3. The van der Waals surface area contributed by atoms with Crippen LogP contribution in [0.15, 0.2) is 29.3 Å². The van der Waals surface area contributed by atoms with Crippen molar-refractivity contribution in [3.63, 3.8) is 0 Å². The Kier molecular flexibility index (Phi) is 5.06. The number of carbonyl (C=O) groups excluding carboxylic acids is 1. The van der Waals surface area contributed by atoms with E-state index in [4.69, 9.17) is 5.73 Å². The Morgan fingerprint density at radius 1 is 1.36 bits per heavy atom. The predicted octanol–water partition coefficient (Wildman–Crippen LogP) is 1.52. The van der Waals surface area contributed by atoms with Crippen LogP contribution in [0.5, 0.6) is 0 Å². The Morgan fingerprint density at radius 2 is 2.05 bits per heavy atom. The molecule has 22 heavy (non-hydrogen) atoms. The van der Waals surface area contributed by atoms with Crippen LogP contribution in [0.25, 0.3) is 0 Å². The number of nitrogens with one attached hydrogen (secondary N) is 1. The molecule has 0 saturated carbocycles. The Bertz CT molecular complexity index is 566. The number of aliphatic imine (C=N–C) groups is 1. The Labute approximate surface area is 132 Å². The number of amides is 1. The standard InChI is InChI=1S/C17H26N4O/c1-4-19-16(20-12-17(2,3)15(18)22)21-10-9-13-7-5-6-8-14(13)11-21/h5-8H,4,9-12H2,1-3H3,(H2,18,22)(H,19,20). The zero-order valence-corrected chi connectivity index (χ0v) is 13.7. The lowest BCUT2D eigenvalue weighted by Gasteiger charge is -2.32. The number of nitrogens with zero attached hydrogens (tertiary/aromatic N) is 2. The first kappa shape index (κ1) is 16.3. The largest absolute Gasteiger partial charge is 0.369 e. The van der Waals surface area contributed by atoms with E-state index in [1.165, 1.54) is 11.1 Å². The molecule has 2 rings (SSSR count). The molecule has 1 aliphatic rings. The van der Waals surface area contributed by atoms with Gasteiger partial charge in [-0.05, 0) is 38.3 Å². The molecule has 1 amide bonds. The fourth-order valence-electron chi connectivity index (χ4n) is 2.45. The number of carbonyl (C=O) groups is 1. The quantitative estimate of drug-likeness (QED) is 0.654. The zero-order valence-electron chi connectivity index (χ0n) is 13.7. The van der Waals surface area contributed by atoms with E-state index in [9.17, 15) is 4.79 Å². The van der Waals surface area contributed by atoms with Crippen molar-refractivity contribution in [2.75, 3.05) is 19.6 Å². The van der Waals surface area contributed by atoms with Crippen molar-refractivity contribution in [1.29, 1.82) is 0 Å². The summed E-state index contributed by atoms with van der Waals surface area (Å²) < 4.78 is 0. The van der Waals surface area contributed by atoms with Gasteiger partial charge >= 0.3 is 0 Å². The fraction of sp³-hybridized carbons (Fsp3) is 0.529. The summed E-state index contributed by atoms with van der Waals surface area (Å²) in [6.07, 6.45) is 1.01. The molecule has 120 valence electrons. The number of hydrogen-bond donors (Lipinski definition) is 2. The van der Waals surface area contributed by atoms with Crippen LogP contribution in [0.2, 0.25) is 0 Å². The van der Waals surface area contributed by atoms with E-state index in [1.807, 2.05) is 20.8 Å². The van der Waals surface area contributed by atoms with Crippen molar-refractivity contribution >= 4 is 11.9 Å². The van der Waals surface area contributed by atoms with Crippen molar-refractivity contribution in [2.24, 2.45) is 16.1 Å². The molecule has 0 spiro atoms. The van der Waals surface area contributed by atoms with Crippen molar-refractivity contribution in [2.45, 2.75) is 33.7 Å². The topological polar surface area (TPSA) is 70.7 Å². The number of hydrogen-bond acceptors (Lipinski definition) is 2. The molecular weight excluding hydrogens is 276 g/mol. The molecule has 0 aromatic heterocycles. The lowest BCUT2D eigenvalue weighted by atomic mass is 9.93. The van der Waals surface area contributed by atoms with Gasteiger partial charge in [0.15, 0.2) is 5.96 Å². The normalized spacial score (nSPS) is 15.4. The van der Waals surface area contributed by atoms with Gasteiger partial charge in [-0.15, -0.1) is 0 Å². The first-order valence-electron chi connectivity index (χ1n) is 7.84. The van der Waals surface area contributed by atoms with Crippen LogP contribution in [-0.2, 0) is 17.8 Å². The summed E-state index contributed by atoms with van der Waals surface area (Å²) in [6.45, 7) is 8.67. The molecule has 0 fully saturated rings. The number of nitrogens with two attached hydrogens (primary N) is 1. The van der Waals surface area contributed by atoms with E-state index < -0.39 is 5.41 Å². The maximum atomic E-state index is 11.5. The minimum Gasteiger partial charge on any atom is -0.369 e. The average Bonchev–Trinajstić information content (AvgIpc) is 2.50. The number of rotatable bonds is 4. The molecule has 1 aliphatic heterocycles. The van der Waals surface area contributed by atoms with Gasteiger partial charge in [-0.2, -0.15) is 0 Å². The van der Waals surface area contributed by atoms with E-state index >= 15 is 0 Å². The third-order valence-electron chi connectivity index (χ3n) is 4.06. The minimum atomic E-state index is -0.631. The molecule has 1 aromatic rings. The van der Waals surface area contributed by atoms with E-state index in [-0.39, 0.29) is 5.91 Å². The summed E-state index contributed by atoms with van der Waals surface area (Å²) in [5.41, 5.74) is 7.55. The molecule has 5 nitrogen and oxygen atoms in total. The molecule has 5 heteroatoms. The number of fused-ring (bicyclic) bond motifs is 1. The highest BCUT2D eigenvalue weighted by Crippen LogP contribution is 2.19. The van der Waals surface area contributed by atoms with Crippen LogP contribution >= 0.6 is 0 Å². The molecule has 0 atom stereocenters. The van der Waals surface area contributed by atoms with Crippen LogP contribution in [0.3, 0.4) is 0 Å². The molecule has 3 N–H and O–H groups in total. The molecule has 1 heterocycles. The molecule has 0 aliphatic carbocycles. The van der Waals surface area contributed by atoms with Gasteiger partial charge in [0, 0.05) is 19.6 Å². The summed E-state index contributed by atoms with van der Waals surface area (Å²) in [6, 6.07) is 8.51. The number of benzene rings is 1. The maximum absolute atomic E-state index is 11.5. The van der Waals surface area contributed by atoms with Crippen LogP contribution < -0.4 is 11.1 Å². The molecular formula is C17H26N4O. The predicted molar refractivity (Wildman–Crippen MR) is 89.5 cm³/mol. The van der Waals surface area contributed by atoms with Gasteiger partial charge in [0.05, 0.1) is 12.0 Å². The second-order valence-electron chi connectivity index (χ2n) is 6.36. The van der Waals surface area contributed by atoms with Gasteiger partial charge in [-0.25, -0.2) is 0 Å². The molecule has 0 unspecified atom stereocenters. The lowest BCUT2D eigenvalue weighted by Crippen LogP contribution is -2.45. The monoisotopic (exact) mass is 302 g/mol. The van der Waals surface area contributed by atoms with Gasteiger partial charge in [0.2, 0.25) is 5.91 Å². The first-order valence-corrected chi connectivity index (χ1v) is 7.84. The Morgan fingerprint density at radius 3 is 2.68 bits per heavy atom. The van der Waals surface area contributed by atoms with Gasteiger partial charge in [0.1, 0.15) is 0 Å². The third kappa shape index (κ3) is 3.78. The van der Waals surface area contributed by atoms with E-state index in [1.54, 1.807) is 0 Å². The smallest absolute Gasteiger partial charge is 0.224 e. The SMILES string of the molecule is CCNC(=NCC(C)(C)C(N)=O)N1CCc2ccccc2C1. The van der Waals surface area contributed by atoms with Crippen molar-refractivity contribution in [3.8, 4) is 0 Å². The maximum Gasteiger partial charge on any atom is 0.224 e. The average molecular weight is 302 g/mol. The highest BCUT2D eigenvalue weighted by atomic mass is 16.1. The second-order valence-corrected chi connectivity index (χ2v) is 6.36. The van der Waals surface area contributed by atoms with Crippen molar-refractivity contribution in [1.82, 2.24) is 10.2 Å². The molecule has 1 aromatic carbocycles. The van der Waals surface area contributed by atoms with Gasteiger partial charge < -0.3 is 16.0 Å². The fourth-order valence-corrected chi connectivity index (χ4v) is 2.45. The van der Waals surface area contributed by atoms with Crippen molar-refractivity contribution < 1.29 is 4.79 Å². The zero-order chi connectivity index (χ0) is 16.2. The van der Waals surface area contributed by atoms with Gasteiger partial charge in [-0.1, -0.05) is 24.3 Å². The van der Waals surface area contributed by atoms with Crippen LogP contribution in [-0.4, -0.2) is 36.4 Å². The number of primary amides is 1. The second kappa shape index (κ2) is 6.81. The highest BCUT2D eigenvalue weighted by Gasteiger charge is 2.26. The minimum absolute atomic E-state index is 0.323. The number of guanidine groups is 1. The molecule has 0 saturated heterocycles. The van der Waals surface area contributed by atoms with Gasteiger partial charge in [0.25, 0.3) is 0 Å². The van der Waals surface area contributed by atoms with Crippen LogP contribution in [0.4, 0.5) is 0 Å². The summed E-state index contributed by atoms with van der Waals surface area (Å²) in [5, 5.41) is 3.32. The van der Waals surface area contributed by atoms with E-state index in [2.05, 4.69) is 39.5 Å². The van der Waals surface area contributed by atoms with E-state index in [0.29, 0.717) is 6.54 Å².